The second-order valence-corrected chi connectivity index (χ2v) is 7.35. The molecule has 1 aromatic heterocycles. The van der Waals surface area contributed by atoms with Gasteiger partial charge in [-0.25, -0.2) is 0 Å². The van der Waals surface area contributed by atoms with E-state index in [0.717, 1.165) is 22.6 Å². The van der Waals surface area contributed by atoms with Crippen molar-refractivity contribution in [2.45, 2.75) is 20.8 Å². The molecule has 1 N–H and O–H groups in total. The molecule has 2 amide bonds. The van der Waals surface area contributed by atoms with E-state index in [9.17, 15) is 9.59 Å². The predicted molar refractivity (Wildman–Crippen MR) is 111 cm³/mol. The molecule has 0 bridgehead atoms. The first-order chi connectivity index (χ1) is 12.7. The zero-order valence-electron chi connectivity index (χ0n) is 15.0. The molecular formula is C19H17Cl2N3O2S. The van der Waals surface area contributed by atoms with Gasteiger partial charge in [-0.2, -0.15) is 0 Å². The Morgan fingerprint density at radius 3 is 2.56 bits per heavy atom. The summed E-state index contributed by atoms with van der Waals surface area (Å²) in [6, 6.07) is 7.12. The number of halogens is 2. The molecule has 1 aromatic carbocycles. The van der Waals surface area contributed by atoms with Crippen LogP contribution in [0, 0.1) is 13.8 Å². The van der Waals surface area contributed by atoms with Crippen LogP contribution in [0.4, 0.5) is 0 Å². The van der Waals surface area contributed by atoms with E-state index in [1.165, 1.54) is 4.90 Å². The number of benzene rings is 1. The average Bonchev–Trinajstić information content (AvgIpc) is 2.88. The molecule has 0 spiro atoms. The van der Waals surface area contributed by atoms with E-state index in [2.05, 4.69) is 5.32 Å². The fourth-order valence-corrected chi connectivity index (χ4v) is 3.77. The lowest BCUT2D eigenvalue weighted by atomic mass is 10.1. The van der Waals surface area contributed by atoms with Crippen molar-refractivity contribution in [2.24, 2.45) is 0 Å². The van der Waals surface area contributed by atoms with Crippen molar-refractivity contribution in [3.05, 3.63) is 56.8 Å². The number of likely N-dealkylation sites (N-methyl/N-ethyl adjacent to an activating group) is 1. The molecule has 2 heterocycles. The van der Waals surface area contributed by atoms with E-state index in [-0.39, 0.29) is 10.7 Å². The maximum atomic E-state index is 12.6. The first kappa shape index (κ1) is 19.6. The molecule has 27 heavy (non-hydrogen) atoms. The molecule has 0 saturated carbocycles. The van der Waals surface area contributed by atoms with Crippen molar-refractivity contribution < 1.29 is 9.59 Å². The summed E-state index contributed by atoms with van der Waals surface area (Å²) < 4.78 is 1.94. The highest BCUT2D eigenvalue weighted by atomic mass is 35.5. The van der Waals surface area contributed by atoms with Gasteiger partial charge in [0.15, 0.2) is 5.11 Å². The topological polar surface area (TPSA) is 54.3 Å². The fourth-order valence-electron chi connectivity index (χ4n) is 3.10. The van der Waals surface area contributed by atoms with Crippen molar-refractivity contribution in [3.63, 3.8) is 0 Å². The lowest BCUT2D eigenvalue weighted by Crippen LogP contribution is -2.53. The molecule has 0 atom stereocenters. The summed E-state index contributed by atoms with van der Waals surface area (Å²) in [4.78, 5) is 26.3. The SMILES string of the molecule is CCN1C(=O)/C(=C/c2cc(C)n(-c3cc(Cl)ccc3Cl)c2C)C(=O)NC1=S. The Kier molecular flexibility index (Phi) is 5.42. The highest BCUT2D eigenvalue weighted by molar-refractivity contribution is 7.80. The van der Waals surface area contributed by atoms with Gasteiger partial charge >= 0.3 is 0 Å². The molecule has 1 fully saturated rings. The lowest BCUT2D eigenvalue weighted by Gasteiger charge is -2.27. The van der Waals surface area contributed by atoms with E-state index in [0.29, 0.717) is 16.6 Å². The third-order valence-electron chi connectivity index (χ3n) is 4.42. The van der Waals surface area contributed by atoms with Crippen molar-refractivity contribution in [1.82, 2.24) is 14.8 Å². The van der Waals surface area contributed by atoms with Gasteiger partial charge in [-0.3, -0.25) is 19.8 Å². The molecular weight excluding hydrogens is 405 g/mol. The highest BCUT2D eigenvalue weighted by Gasteiger charge is 2.32. The first-order valence-corrected chi connectivity index (χ1v) is 9.44. The first-order valence-electron chi connectivity index (χ1n) is 8.27. The predicted octanol–water partition coefficient (Wildman–Crippen LogP) is 4.05. The minimum atomic E-state index is -0.500. The molecule has 3 rings (SSSR count). The van der Waals surface area contributed by atoms with Gasteiger partial charge in [0.05, 0.1) is 10.7 Å². The maximum absolute atomic E-state index is 12.6. The third-order valence-corrected chi connectivity index (χ3v) is 5.30. The Hall–Kier alpha value is -2.15. The van der Waals surface area contributed by atoms with Gasteiger partial charge in [-0.1, -0.05) is 23.2 Å². The Morgan fingerprint density at radius 2 is 1.89 bits per heavy atom. The van der Waals surface area contributed by atoms with E-state index in [4.69, 9.17) is 35.4 Å². The van der Waals surface area contributed by atoms with Crippen LogP contribution in [0.25, 0.3) is 11.8 Å². The number of rotatable bonds is 3. The maximum Gasteiger partial charge on any atom is 0.265 e. The number of aromatic nitrogens is 1. The molecule has 0 unspecified atom stereocenters. The van der Waals surface area contributed by atoms with Crippen LogP contribution in [0.15, 0.2) is 29.8 Å². The summed E-state index contributed by atoms with van der Waals surface area (Å²) in [6.45, 7) is 5.99. The van der Waals surface area contributed by atoms with Crippen molar-refractivity contribution in [2.75, 3.05) is 6.54 Å². The van der Waals surface area contributed by atoms with Crippen LogP contribution in [0.3, 0.4) is 0 Å². The van der Waals surface area contributed by atoms with Crippen LogP contribution in [0.2, 0.25) is 10.0 Å². The molecule has 2 aromatic rings. The standard InChI is InChI=1S/C19H17Cl2N3O2S/c1-4-23-18(26)14(17(25)22-19(23)27)8-12-7-10(2)24(11(12)3)16-9-13(20)5-6-15(16)21/h5-9H,4H2,1-3H3,(H,22,25,27)/b14-8+. The molecule has 1 saturated heterocycles. The zero-order chi connectivity index (χ0) is 19.9. The number of carbonyl (C=O) groups is 2. The van der Waals surface area contributed by atoms with Gasteiger partial charge in [-0.15, -0.1) is 0 Å². The molecule has 5 nitrogen and oxygen atoms in total. The molecule has 0 aliphatic carbocycles. The van der Waals surface area contributed by atoms with E-state index in [1.54, 1.807) is 31.2 Å². The second kappa shape index (κ2) is 7.46. The number of hydrogen-bond donors (Lipinski definition) is 1. The van der Waals surface area contributed by atoms with Gasteiger partial charge in [0.2, 0.25) is 0 Å². The Balaban J connectivity index is 2.11. The zero-order valence-corrected chi connectivity index (χ0v) is 17.3. The number of amides is 2. The number of carbonyl (C=O) groups excluding carboxylic acids is 2. The number of hydrogen-bond acceptors (Lipinski definition) is 3. The molecule has 8 heteroatoms. The molecule has 1 aliphatic heterocycles. The van der Waals surface area contributed by atoms with Gasteiger partial charge in [0.1, 0.15) is 5.57 Å². The van der Waals surface area contributed by atoms with Crippen molar-refractivity contribution in [3.8, 4) is 5.69 Å². The van der Waals surface area contributed by atoms with E-state index in [1.807, 2.05) is 24.5 Å². The van der Waals surface area contributed by atoms with E-state index < -0.39 is 11.8 Å². The van der Waals surface area contributed by atoms with Crippen molar-refractivity contribution in [1.29, 1.82) is 0 Å². The summed E-state index contributed by atoms with van der Waals surface area (Å²) in [6.07, 6.45) is 1.58. The number of nitrogens with zero attached hydrogens (tertiary/aromatic N) is 2. The van der Waals surface area contributed by atoms with Crippen LogP contribution in [0.1, 0.15) is 23.9 Å². The third kappa shape index (κ3) is 3.52. The molecule has 1 aliphatic rings. The van der Waals surface area contributed by atoms with Crippen LogP contribution in [-0.2, 0) is 9.59 Å². The quantitative estimate of drug-likeness (QED) is 0.462. The van der Waals surface area contributed by atoms with Gasteiger partial charge in [-0.05, 0) is 68.9 Å². The normalized spacial score (nSPS) is 16.3. The smallest absolute Gasteiger partial charge is 0.265 e. The van der Waals surface area contributed by atoms with Crippen LogP contribution in [-0.4, -0.2) is 32.9 Å². The number of aryl methyl sites for hydroxylation is 1. The monoisotopic (exact) mass is 421 g/mol. The van der Waals surface area contributed by atoms with Crippen LogP contribution < -0.4 is 5.32 Å². The summed E-state index contributed by atoms with van der Waals surface area (Å²) in [5.74, 6) is -0.905. The van der Waals surface area contributed by atoms with Crippen LogP contribution in [0.5, 0.6) is 0 Å². The minimum absolute atomic E-state index is 0.0443. The number of nitrogens with one attached hydrogen (secondary N) is 1. The van der Waals surface area contributed by atoms with E-state index >= 15 is 0 Å². The molecule has 140 valence electrons. The summed E-state index contributed by atoms with van der Waals surface area (Å²) >= 11 is 17.5. The lowest BCUT2D eigenvalue weighted by molar-refractivity contribution is -0.128. The van der Waals surface area contributed by atoms with Gasteiger partial charge in [0, 0.05) is 23.0 Å². The Morgan fingerprint density at radius 1 is 1.19 bits per heavy atom. The summed E-state index contributed by atoms with van der Waals surface area (Å²) in [7, 11) is 0. The van der Waals surface area contributed by atoms with Crippen LogP contribution >= 0.6 is 35.4 Å². The second-order valence-electron chi connectivity index (χ2n) is 6.12. The summed E-state index contributed by atoms with van der Waals surface area (Å²) in [5.41, 5.74) is 3.25. The largest absolute Gasteiger partial charge is 0.316 e. The summed E-state index contributed by atoms with van der Waals surface area (Å²) in [5, 5.41) is 3.80. The molecule has 0 radical (unpaired) electrons. The van der Waals surface area contributed by atoms with Gasteiger partial charge in [0.25, 0.3) is 11.8 Å². The average molecular weight is 422 g/mol. The Bertz CT molecular complexity index is 1010. The number of thiocarbonyl (C=S) groups is 1. The van der Waals surface area contributed by atoms with Crippen molar-refractivity contribution >= 4 is 58.4 Å². The van der Waals surface area contributed by atoms with Gasteiger partial charge < -0.3 is 4.57 Å². The minimum Gasteiger partial charge on any atom is -0.316 e. The Labute approximate surface area is 172 Å². The highest BCUT2D eigenvalue weighted by Crippen LogP contribution is 2.30. The fraction of sp³-hybridized carbons (Fsp3) is 0.211.